The van der Waals surface area contributed by atoms with E-state index >= 15 is 0 Å². The van der Waals surface area contributed by atoms with E-state index in [1.54, 1.807) is 7.11 Å². The highest BCUT2D eigenvalue weighted by Gasteiger charge is 2.11. The molecular weight excluding hydrogens is 226 g/mol. The van der Waals surface area contributed by atoms with Crippen molar-refractivity contribution in [1.82, 2.24) is 14.9 Å². The van der Waals surface area contributed by atoms with E-state index in [0.29, 0.717) is 6.04 Å². The van der Waals surface area contributed by atoms with Gasteiger partial charge < -0.3 is 14.6 Å². The molecule has 1 heterocycles. The van der Waals surface area contributed by atoms with Crippen LogP contribution >= 0.6 is 0 Å². The quantitative estimate of drug-likeness (QED) is 0.650. The number of methoxy groups -OCH3 is 1. The maximum atomic E-state index is 5.13. The zero-order valence-corrected chi connectivity index (χ0v) is 12.0. The van der Waals surface area contributed by atoms with Crippen molar-refractivity contribution in [2.45, 2.75) is 52.1 Å². The first-order chi connectivity index (χ1) is 8.81. The molecule has 0 amide bonds. The first kappa shape index (κ1) is 15.2. The molecule has 104 valence electrons. The second-order valence-corrected chi connectivity index (χ2v) is 4.62. The molecule has 1 unspecified atom stereocenters. The molecule has 1 aromatic heterocycles. The third-order valence-corrected chi connectivity index (χ3v) is 3.16. The summed E-state index contributed by atoms with van der Waals surface area (Å²) < 4.78 is 7.35. The minimum atomic E-state index is 0.507. The lowest BCUT2D eigenvalue weighted by atomic mass is 10.1. The fourth-order valence-corrected chi connectivity index (χ4v) is 2.14. The van der Waals surface area contributed by atoms with Gasteiger partial charge in [0.25, 0.3) is 0 Å². The van der Waals surface area contributed by atoms with Crippen molar-refractivity contribution < 1.29 is 4.74 Å². The van der Waals surface area contributed by atoms with Gasteiger partial charge in [-0.2, -0.15) is 0 Å². The van der Waals surface area contributed by atoms with Crippen LogP contribution < -0.4 is 5.32 Å². The Morgan fingerprint density at radius 1 is 1.44 bits per heavy atom. The summed E-state index contributed by atoms with van der Waals surface area (Å²) in [5, 5.41) is 3.61. The van der Waals surface area contributed by atoms with Crippen LogP contribution in [0, 0.1) is 0 Å². The normalized spacial score (nSPS) is 12.8. The SMILES string of the molecule is CCCNC(CCCOC)Cc1nccn1CC. The molecule has 0 spiro atoms. The number of nitrogens with one attached hydrogen (secondary N) is 1. The van der Waals surface area contributed by atoms with E-state index in [1.807, 2.05) is 6.20 Å². The second-order valence-electron chi connectivity index (χ2n) is 4.62. The average molecular weight is 253 g/mol. The minimum absolute atomic E-state index is 0.507. The Balaban J connectivity index is 2.48. The van der Waals surface area contributed by atoms with E-state index in [0.717, 1.165) is 39.0 Å². The summed E-state index contributed by atoms with van der Waals surface area (Å²) in [7, 11) is 1.76. The van der Waals surface area contributed by atoms with Gasteiger partial charge in [-0.05, 0) is 32.7 Å². The van der Waals surface area contributed by atoms with E-state index in [2.05, 4.69) is 34.9 Å². The third-order valence-electron chi connectivity index (χ3n) is 3.16. The van der Waals surface area contributed by atoms with Gasteiger partial charge in [-0.1, -0.05) is 6.92 Å². The van der Waals surface area contributed by atoms with Gasteiger partial charge in [-0.3, -0.25) is 0 Å². The zero-order valence-electron chi connectivity index (χ0n) is 12.0. The van der Waals surface area contributed by atoms with Crippen LogP contribution in [0.2, 0.25) is 0 Å². The highest BCUT2D eigenvalue weighted by Crippen LogP contribution is 2.07. The molecule has 0 saturated carbocycles. The molecule has 1 rings (SSSR count). The van der Waals surface area contributed by atoms with Crippen LogP contribution in [0.1, 0.15) is 38.9 Å². The van der Waals surface area contributed by atoms with E-state index in [-0.39, 0.29) is 0 Å². The summed E-state index contributed by atoms with van der Waals surface area (Å²) >= 11 is 0. The van der Waals surface area contributed by atoms with Crippen LogP contribution in [0.4, 0.5) is 0 Å². The van der Waals surface area contributed by atoms with Gasteiger partial charge in [0, 0.05) is 45.1 Å². The average Bonchev–Trinajstić information content (AvgIpc) is 2.83. The van der Waals surface area contributed by atoms with Crippen molar-refractivity contribution in [3.63, 3.8) is 0 Å². The number of aromatic nitrogens is 2. The Morgan fingerprint density at radius 3 is 2.94 bits per heavy atom. The van der Waals surface area contributed by atoms with Crippen LogP contribution in [0.15, 0.2) is 12.4 Å². The lowest BCUT2D eigenvalue weighted by Crippen LogP contribution is -2.33. The highest BCUT2D eigenvalue weighted by molar-refractivity contribution is 4.95. The Hall–Kier alpha value is -0.870. The number of ether oxygens (including phenoxy) is 1. The molecule has 0 aliphatic heterocycles. The number of rotatable bonds is 10. The number of hydrogen-bond acceptors (Lipinski definition) is 3. The fourth-order valence-electron chi connectivity index (χ4n) is 2.14. The van der Waals surface area contributed by atoms with Crippen molar-refractivity contribution >= 4 is 0 Å². The number of imidazole rings is 1. The monoisotopic (exact) mass is 253 g/mol. The fraction of sp³-hybridized carbons (Fsp3) is 0.786. The maximum Gasteiger partial charge on any atom is 0.110 e. The van der Waals surface area contributed by atoms with Crippen LogP contribution in [-0.4, -0.2) is 35.9 Å². The third kappa shape index (κ3) is 5.19. The molecule has 1 atom stereocenters. The molecule has 0 bridgehead atoms. The van der Waals surface area contributed by atoms with Crippen molar-refractivity contribution in [2.75, 3.05) is 20.3 Å². The molecule has 0 aliphatic carbocycles. The summed E-state index contributed by atoms with van der Waals surface area (Å²) in [5.41, 5.74) is 0. The topological polar surface area (TPSA) is 39.1 Å². The van der Waals surface area contributed by atoms with Crippen LogP contribution in [-0.2, 0) is 17.7 Å². The molecule has 0 aromatic carbocycles. The smallest absolute Gasteiger partial charge is 0.110 e. The predicted molar refractivity (Wildman–Crippen MR) is 74.8 cm³/mol. The number of nitrogens with zero attached hydrogens (tertiary/aromatic N) is 2. The highest BCUT2D eigenvalue weighted by atomic mass is 16.5. The van der Waals surface area contributed by atoms with Gasteiger partial charge in [0.1, 0.15) is 5.82 Å². The lowest BCUT2D eigenvalue weighted by Gasteiger charge is -2.18. The van der Waals surface area contributed by atoms with Gasteiger partial charge >= 0.3 is 0 Å². The Bertz CT molecular complexity index is 312. The second kappa shape index (κ2) is 9.11. The summed E-state index contributed by atoms with van der Waals surface area (Å²) in [6.07, 6.45) is 8.37. The van der Waals surface area contributed by atoms with Crippen molar-refractivity contribution in [3.05, 3.63) is 18.2 Å². The first-order valence-electron chi connectivity index (χ1n) is 7.04. The Morgan fingerprint density at radius 2 is 2.28 bits per heavy atom. The molecule has 1 N–H and O–H groups in total. The molecule has 1 aromatic rings. The zero-order chi connectivity index (χ0) is 13.2. The van der Waals surface area contributed by atoms with Crippen LogP contribution in [0.5, 0.6) is 0 Å². The van der Waals surface area contributed by atoms with Gasteiger partial charge in [0.2, 0.25) is 0 Å². The molecule has 18 heavy (non-hydrogen) atoms. The van der Waals surface area contributed by atoms with E-state index in [9.17, 15) is 0 Å². The summed E-state index contributed by atoms with van der Waals surface area (Å²) in [4.78, 5) is 4.45. The molecule has 4 heteroatoms. The molecule has 0 fully saturated rings. The van der Waals surface area contributed by atoms with Gasteiger partial charge in [0.15, 0.2) is 0 Å². The summed E-state index contributed by atoms with van der Waals surface area (Å²) in [5.74, 6) is 1.18. The van der Waals surface area contributed by atoms with E-state index in [1.165, 1.54) is 12.2 Å². The van der Waals surface area contributed by atoms with E-state index < -0.39 is 0 Å². The number of aryl methyl sites for hydroxylation is 1. The maximum absolute atomic E-state index is 5.13. The Kier molecular flexibility index (Phi) is 7.69. The van der Waals surface area contributed by atoms with Crippen molar-refractivity contribution in [1.29, 1.82) is 0 Å². The summed E-state index contributed by atoms with van der Waals surface area (Å²) in [6, 6.07) is 0.507. The van der Waals surface area contributed by atoms with Crippen molar-refractivity contribution in [2.24, 2.45) is 0 Å². The van der Waals surface area contributed by atoms with Crippen molar-refractivity contribution in [3.8, 4) is 0 Å². The summed E-state index contributed by atoms with van der Waals surface area (Å²) in [6.45, 7) is 7.27. The van der Waals surface area contributed by atoms with E-state index in [4.69, 9.17) is 4.74 Å². The predicted octanol–water partition coefficient (Wildman–Crippen LogP) is 2.24. The lowest BCUT2D eigenvalue weighted by molar-refractivity contribution is 0.188. The molecule has 0 saturated heterocycles. The molecule has 4 nitrogen and oxygen atoms in total. The van der Waals surface area contributed by atoms with Crippen LogP contribution in [0.3, 0.4) is 0 Å². The Labute approximate surface area is 111 Å². The van der Waals surface area contributed by atoms with Gasteiger partial charge in [-0.15, -0.1) is 0 Å². The minimum Gasteiger partial charge on any atom is -0.385 e. The van der Waals surface area contributed by atoms with Gasteiger partial charge in [-0.25, -0.2) is 4.98 Å². The largest absolute Gasteiger partial charge is 0.385 e. The molecular formula is C14H27N3O. The molecule has 0 radical (unpaired) electrons. The molecule has 0 aliphatic rings. The standard InChI is InChI=1S/C14H27N3O/c1-4-8-15-13(7-6-11-18-3)12-14-16-9-10-17(14)5-2/h9-10,13,15H,4-8,11-12H2,1-3H3. The first-order valence-corrected chi connectivity index (χ1v) is 7.04. The van der Waals surface area contributed by atoms with Gasteiger partial charge in [0.05, 0.1) is 0 Å². The number of hydrogen-bond donors (Lipinski definition) is 1. The van der Waals surface area contributed by atoms with Crippen LogP contribution in [0.25, 0.3) is 0 Å².